The van der Waals surface area contributed by atoms with E-state index < -0.39 is 0 Å². The number of nitrogens with zero attached hydrogens (tertiary/aromatic N) is 5. The Hall–Kier alpha value is -2.41. The molecule has 2 atom stereocenters. The van der Waals surface area contributed by atoms with Crippen LogP contribution in [0.2, 0.25) is 0 Å². The third-order valence-corrected chi connectivity index (χ3v) is 5.60. The molecule has 0 radical (unpaired) electrons. The molecule has 3 heterocycles. The number of aliphatic imine (C=N–C) groups is 1. The number of hydrogen-bond acceptors (Lipinski definition) is 4. The molecule has 27 heavy (non-hydrogen) atoms. The van der Waals surface area contributed by atoms with Gasteiger partial charge in [0, 0.05) is 45.2 Å². The molecule has 0 saturated carbocycles. The van der Waals surface area contributed by atoms with E-state index in [4.69, 9.17) is 0 Å². The summed E-state index contributed by atoms with van der Waals surface area (Å²) in [6.45, 7) is 6.01. The predicted octanol–water partition coefficient (Wildman–Crippen LogP) is 1.55. The van der Waals surface area contributed by atoms with Crippen molar-refractivity contribution in [3.05, 3.63) is 47.5 Å². The summed E-state index contributed by atoms with van der Waals surface area (Å²) in [5, 5.41) is 15.6. The predicted molar refractivity (Wildman–Crippen MR) is 106 cm³/mol. The van der Waals surface area contributed by atoms with Gasteiger partial charge < -0.3 is 15.2 Å². The summed E-state index contributed by atoms with van der Waals surface area (Å²) in [5.41, 5.74) is 1.37. The summed E-state index contributed by atoms with van der Waals surface area (Å²) in [6.07, 6.45) is 3.33. The standard InChI is InChI=1S/C20H29N7/c1-15-11-17(14-26(15)13-16-7-4-3-5-8-16)23-20(21-2)22-12-19-25-24-18-9-6-10-27(18)19/h3-5,7-8,15,17H,6,9-14H2,1-2H3,(H2,21,22,23). The minimum Gasteiger partial charge on any atom is -0.352 e. The maximum absolute atomic E-state index is 4.40. The molecule has 2 aromatic rings. The van der Waals surface area contributed by atoms with E-state index in [1.165, 1.54) is 12.0 Å². The molecule has 2 aliphatic heterocycles. The maximum Gasteiger partial charge on any atom is 0.191 e. The number of rotatable bonds is 5. The van der Waals surface area contributed by atoms with Gasteiger partial charge in [-0.25, -0.2) is 0 Å². The van der Waals surface area contributed by atoms with Crippen molar-refractivity contribution < 1.29 is 0 Å². The fourth-order valence-corrected chi connectivity index (χ4v) is 4.13. The quantitative estimate of drug-likeness (QED) is 0.620. The van der Waals surface area contributed by atoms with Crippen molar-refractivity contribution in [2.24, 2.45) is 4.99 Å². The molecule has 2 N–H and O–H groups in total. The van der Waals surface area contributed by atoms with Gasteiger partial charge in [0.25, 0.3) is 0 Å². The van der Waals surface area contributed by atoms with E-state index in [-0.39, 0.29) is 0 Å². The van der Waals surface area contributed by atoms with Crippen molar-refractivity contribution in [1.82, 2.24) is 30.3 Å². The first-order valence-electron chi connectivity index (χ1n) is 9.89. The molecule has 4 rings (SSSR count). The molecule has 1 fully saturated rings. The Bertz CT molecular complexity index is 783. The van der Waals surface area contributed by atoms with Crippen molar-refractivity contribution in [2.45, 2.75) is 57.9 Å². The number of aromatic nitrogens is 3. The van der Waals surface area contributed by atoms with Gasteiger partial charge in [-0.05, 0) is 25.3 Å². The van der Waals surface area contributed by atoms with Crippen LogP contribution in [0.5, 0.6) is 0 Å². The summed E-state index contributed by atoms with van der Waals surface area (Å²) in [6, 6.07) is 11.6. The number of benzene rings is 1. The lowest BCUT2D eigenvalue weighted by Gasteiger charge is -2.21. The Kier molecular flexibility index (Phi) is 5.38. The summed E-state index contributed by atoms with van der Waals surface area (Å²) < 4.78 is 2.22. The fourth-order valence-electron chi connectivity index (χ4n) is 4.13. The van der Waals surface area contributed by atoms with E-state index in [1.54, 1.807) is 0 Å². The van der Waals surface area contributed by atoms with Crippen molar-refractivity contribution in [3.63, 3.8) is 0 Å². The zero-order valence-electron chi connectivity index (χ0n) is 16.2. The fraction of sp³-hybridized carbons (Fsp3) is 0.550. The molecule has 0 amide bonds. The molecular formula is C20H29N7. The van der Waals surface area contributed by atoms with Gasteiger partial charge in [0.05, 0.1) is 6.54 Å². The molecule has 2 aliphatic rings. The molecule has 7 nitrogen and oxygen atoms in total. The van der Waals surface area contributed by atoms with E-state index in [9.17, 15) is 0 Å². The van der Waals surface area contributed by atoms with E-state index in [1.807, 2.05) is 7.05 Å². The normalized spacial score (nSPS) is 22.8. The molecule has 1 aromatic heterocycles. The van der Waals surface area contributed by atoms with Crippen LogP contribution in [0, 0.1) is 0 Å². The topological polar surface area (TPSA) is 70.4 Å². The van der Waals surface area contributed by atoms with Crippen LogP contribution in [0.15, 0.2) is 35.3 Å². The summed E-state index contributed by atoms with van der Waals surface area (Å²) in [7, 11) is 1.82. The first-order chi connectivity index (χ1) is 13.2. The smallest absolute Gasteiger partial charge is 0.191 e. The third kappa shape index (κ3) is 4.13. The van der Waals surface area contributed by atoms with Crippen LogP contribution in [-0.4, -0.2) is 51.3 Å². The van der Waals surface area contributed by atoms with Crippen LogP contribution in [0.25, 0.3) is 0 Å². The summed E-state index contributed by atoms with van der Waals surface area (Å²) in [5.74, 6) is 2.94. The molecule has 144 valence electrons. The van der Waals surface area contributed by atoms with Crippen molar-refractivity contribution in [3.8, 4) is 0 Å². The highest BCUT2D eigenvalue weighted by Gasteiger charge is 2.29. The van der Waals surface area contributed by atoms with Gasteiger partial charge in [-0.3, -0.25) is 9.89 Å². The highest BCUT2D eigenvalue weighted by atomic mass is 15.3. The third-order valence-electron chi connectivity index (χ3n) is 5.60. The zero-order chi connectivity index (χ0) is 18.6. The lowest BCUT2D eigenvalue weighted by Crippen LogP contribution is -2.44. The van der Waals surface area contributed by atoms with Crippen LogP contribution in [0.3, 0.4) is 0 Å². The maximum atomic E-state index is 4.40. The monoisotopic (exact) mass is 367 g/mol. The number of guanidine groups is 1. The highest BCUT2D eigenvalue weighted by molar-refractivity contribution is 5.79. The van der Waals surface area contributed by atoms with Crippen molar-refractivity contribution >= 4 is 5.96 Å². The minimum atomic E-state index is 0.402. The number of likely N-dealkylation sites (tertiary alicyclic amines) is 1. The van der Waals surface area contributed by atoms with Crippen molar-refractivity contribution in [1.29, 1.82) is 0 Å². The highest BCUT2D eigenvalue weighted by Crippen LogP contribution is 2.20. The molecule has 0 aliphatic carbocycles. The van der Waals surface area contributed by atoms with E-state index >= 15 is 0 Å². The number of nitrogens with one attached hydrogen (secondary N) is 2. The Morgan fingerprint density at radius 3 is 2.93 bits per heavy atom. The lowest BCUT2D eigenvalue weighted by atomic mass is 10.2. The minimum absolute atomic E-state index is 0.402. The largest absolute Gasteiger partial charge is 0.352 e. The molecular weight excluding hydrogens is 338 g/mol. The molecule has 0 bridgehead atoms. The second-order valence-electron chi connectivity index (χ2n) is 7.55. The van der Waals surface area contributed by atoms with Crippen LogP contribution in [0.4, 0.5) is 0 Å². The average Bonchev–Trinajstić information content (AvgIpc) is 3.37. The number of hydrogen-bond donors (Lipinski definition) is 2. The van der Waals surface area contributed by atoms with Gasteiger partial charge in [0.1, 0.15) is 5.82 Å². The van der Waals surface area contributed by atoms with Gasteiger partial charge in [-0.15, -0.1) is 10.2 Å². The lowest BCUT2D eigenvalue weighted by molar-refractivity contribution is 0.258. The SMILES string of the molecule is CN=C(NCc1nnc2n1CCC2)NC1CC(C)N(Cc2ccccc2)C1. The van der Waals surface area contributed by atoms with Crippen LogP contribution >= 0.6 is 0 Å². The first-order valence-corrected chi connectivity index (χ1v) is 9.89. The van der Waals surface area contributed by atoms with Gasteiger partial charge in [0.2, 0.25) is 0 Å². The zero-order valence-corrected chi connectivity index (χ0v) is 16.2. The van der Waals surface area contributed by atoms with Crippen molar-refractivity contribution in [2.75, 3.05) is 13.6 Å². The molecule has 0 spiro atoms. The summed E-state index contributed by atoms with van der Waals surface area (Å²) in [4.78, 5) is 6.93. The molecule has 1 aromatic carbocycles. The van der Waals surface area contributed by atoms with Gasteiger partial charge in [-0.1, -0.05) is 30.3 Å². The second-order valence-corrected chi connectivity index (χ2v) is 7.55. The molecule has 7 heteroatoms. The van der Waals surface area contributed by atoms with Crippen LogP contribution in [0.1, 0.15) is 37.0 Å². The Morgan fingerprint density at radius 2 is 2.11 bits per heavy atom. The van der Waals surface area contributed by atoms with E-state index in [0.717, 1.165) is 50.1 Å². The van der Waals surface area contributed by atoms with E-state index in [2.05, 4.69) is 72.5 Å². The second kappa shape index (κ2) is 8.08. The first kappa shape index (κ1) is 18.0. The molecule has 2 unspecified atom stereocenters. The Morgan fingerprint density at radius 1 is 1.26 bits per heavy atom. The number of fused-ring (bicyclic) bond motifs is 1. The van der Waals surface area contributed by atoms with Crippen LogP contribution in [-0.2, 0) is 26.1 Å². The Balaban J connectivity index is 1.29. The summed E-state index contributed by atoms with van der Waals surface area (Å²) >= 11 is 0. The van der Waals surface area contributed by atoms with Gasteiger partial charge in [-0.2, -0.15) is 0 Å². The van der Waals surface area contributed by atoms with Gasteiger partial charge >= 0.3 is 0 Å². The molecule has 1 saturated heterocycles. The van der Waals surface area contributed by atoms with Gasteiger partial charge in [0.15, 0.2) is 11.8 Å². The average molecular weight is 368 g/mol. The number of aryl methyl sites for hydroxylation is 1. The van der Waals surface area contributed by atoms with Crippen LogP contribution < -0.4 is 10.6 Å². The van der Waals surface area contributed by atoms with E-state index in [0.29, 0.717) is 18.6 Å². The Labute approximate surface area is 160 Å².